The number of nitrogens with one attached hydrogen (secondary N) is 2. The van der Waals surface area contributed by atoms with Crippen molar-refractivity contribution in [3.8, 4) is 0 Å². The van der Waals surface area contributed by atoms with Crippen molar-refractivity contribution >= 4 is 6.09 Å². The van der Waals surface area contributed by atoms with Crippen molar-refractivity contribution < 1.29 is 9.90 Å². The van der Waals surface area contributed by atoms with Crippen LogP contribution in [0.3, 0.4) is 0 Å². The van der Waals surface area contributed by atoms with Gasteiger partial charge in [-0.25, -0.2) is 4.79 Å². The van der Waals surface area contributed by atoms with Crippen molar-refractivity contribution in [3.05, 3.63) is 34.9 Å². The lowest BCUT2D eigenvalue weighted by molar-refractivity contribution is 0.166. The Balaban J connectivity index is 0.000000191. The summed E-state index contributed by atoms with van der Waals surface area (Å²) in [6, 6.07) is 0.324. The summed E-state index contributed by atoms with van der Waals surface area (Å²) in [6.07, 6.45) is 5.92. The molecule has 19 heavy (non-hydrogen) atoms. The highest BCUT2D eigenvalue weighted by molar-refractivity contribution is 5.66. The summed E-state index contributed by atoms with van der Waals surface area (Å²) in [6.45, 7) is 3.88. The van der Waals surface area contributed by atoms with Gasteiger partial charge in [0.25, 0.3) is 0 Å². The van der Waals surface area contributed by atoms with Gasteiger partial charge in [0.1, 0.15) is 0 Å². The molecule has 1 atom stereocenters. The van der Waals surface area contributed by atoms with Crippen molar-refractivity contribution in [2.75, 3.05) is 32.7 Å². The standard InChI is InChI=1S/C6H7NO2.C5H11N5/c8-6(9)7-4-2-1-3-5-7;6-10-9-4-5-3-7-1-2-8-5/h1-4H,5H2,(H,8,9);5,7-8H,1-4H2. The Hall–Kier alpha value is -2.02. The summed E-state index contributed by atoms with van der Waals surface area (Å²) >= 11 is 0. The molecule has 0 spiro atoms. The highest BCUT2D eigenvalue weighted by Gasteiger charge is 2.09. The number of hydrogen-bond donors (Lipinski definition) is 3. The van der Waals surface area contributed by atoms with Crippen LogP contribution >= 0.6 is 0 Å². The molecule has 8 heteroatoms. The van der Waals surface area contributed by atoms with Crippen molar-refractivity contribution in [1.82, 2.24) is 15.5 Å². The third-order valence-corrected chi connectivity index (χ3v) is 2.55. The zero-order valence-electron chi connectivity index (χ0n) is 10.6. The van der Waals surface area contributed by atoms with Crippen molar-refractivity contribution in [2.45, 2.75) is 6.04 Å². The van der Waals surface area contributed by atoms with Gasteiger partial charge in [-0.15, -0.1) is 0 Å². The van der Waals surface area contributed by atoms with Crippen molar-refractivity contribution in [3.63, 3.8) is 0 Å². The number of amides is 1. The number of carbonyl (C=O) groups is 1. The zero-order valence-corrected chi connectivity index (χ0v) is 10.6. The molecular weight excluding hydrogens is 248 g/mol. The zero-order chi connectivity index (χ0) is 13.9. The van der Waals surface area contributed by atoms with Gasteiger partial charge in [0, 0.05) is 49.9 Å². The van der Waals surface area contributed by atoms with E-state index in [0.717, 1.165) is 19.6 Å². The van der Waals surface area contributed by atoms with Gasteiger partial charge in [-0.05, 0) is 11.6 Å². The Labute approximate surface area is 111 Å². The van der Waals surface area contributed by atoms with Crippen LogP contribution in [0, 0.1) is 0 Å². The molecule has 2 aliphatic rings. The van der Waals surface area contributed by atoms with Gasteiger partial charge in [-0.3, -0.25) is 4.90 Å². The normalized spacial score (nSPS) is 21.1. The lowest BCUT2D eigenvalue weighted by Gasteiger charge is -2.22. The molecule has 3 N–H and O–H groups in total. The van der Waals surface area contributed by atoms with E-state index in [2.05, 4.69) is 20.7 Å². The van der Waals surface area contributed by atoms with E-state index in [1.54, 1.807) is 12.2 Å². The van der Waals surface area contributed by atoms with Crippen LogP contribution < -0.4 is 10.6 Å². The Kier molecular flexibility index (Phi) is 7.11. The summed E-state index contributed by atoms with van der Waals surface area (Å²) in [7, 11) is 0. The minimum Gasteiger partial charge on any atom is -0.465 e. The molecule has 0 bridgehead atoms. The molecule has 0 aromatic rings. The largest absolute Gasteiger partial charge is 0.465 e. The molecule has 1 fully saturated rings. The fourth-order valence-electron chi connectivity index (χ4n) is 1.59. The minimum atomic E-state index is -0.907. The maximum atomic E-state index is 10.2. The van der Waals surface area contributed by atoms with Crippen LogP contribution in [-0.2, 0) is 0 Å². The summed E-state index contributed by atoms with van der Waals surface area (Å²) in [5, 5.41) is 18.3. The molecule has 1 unspecified atom stereocenters. The van der Waals surface area contributed by atoms with Crippen LogP contribution in [0.15, 0.2) is 29.5 Å². The van der Waals surface area contributed by atoms with E-state index in [9.17, 15) is 4.79 Å². The van der Waals surface area contributed by atoms with Crippen LogP contribution in [0.25, 0.3) is 10.4 Å². The first kappa shape index (κ1) is 15.0. The number of carboxylic acid groups (broad SMARTS) is 1. The number of hydrogen-bond acceptors (Lipinski definition) is 4. The molecule has 0 radical (unpaired) electrons. The average Bonchev–Trinajstić information content (AvgIpc) is 2.48. The van der Waals surface area contributed by atoms with E-state index in [1.807, 2.05) is 6.08 Å². The monoisotopic (exact) mass is 266 g/mol. The van der Waals surface area contributed by atoms with Gasteiger partial charge in [0.15, 0.2) is 0 Å². The lowest BCUT2D eigenvalue weighted by atomic mass is 10.2. The lowest BCUT2D eigenvalue weighted by Crippen LogP contribution is -2.49. The van der Waals surface area contributed by atoms with Gasteiger partial charge in [-0.1, -0.05) is 17.3 Å². The number of rotatable bonds is 2. The van der Waals surface area contributed by atoms with Crippen LogP contribution in [-0.4, -0.2) is 54.9 Å². The van der Waals surface area contributed by atoms with Gasteiger partial charge < -0.3 is 15.7 Å². The first-order valence-corrected chi connectivity index (χ1v) is 6.02. The first-order chi connectivity index (χ1) is 9.24. The van der Waals surface area contributed by atoms with Crippen LogP contribution in [0.2, 0.25) is 0 Å². The van der Waals surface area contributed by atoms with Crippen LogP contribution in [0.4, 0.5) is 4.79 Å². The second-order valence-electron chi connectivity index (χ2n) is 3.97. The molecule has 0 aromatic carbocycles. The molecule has 1 saturated heterocycles. The quantitative estimate of drug-likeness (QED) is 0.391. The number of nitrogens with zero attached hydrogens (tertiary/aromatic N) is 4. The maximum absolute atomic E-state index is 10.2. The molecule has 2 heterocycles. The van der Waals surface area contributed by atoms with E-state index >= 15 is 0 Å². The van der Waals surface area contributed by atoms with Crippen molar-refractivity contribution in [2.24, 2.45) is 5.11 Å². The first-order valence-electron chi connectivity index (χ1n) is 6.02. The molecule has 2 aliphatic heterocycles. The molecular formula is C11H18N6O2. The summed E-state index contributed by atoms with van der Waals surface area (Å²) in [5.41, 5.74) is 8.01. The van der Waals surface area contributed by atoms with E-state index < -0.39 is 6.09 Å². The van der Waals surface area contributed by atoms with E-state index in [0.29, 0.717) is 19.1 Å². The molecule has 2 rings (SSSR count). The topological polar surface area (TPSA) is 113 Å². The second-order valence-corrected chi connectivity index (χ2v) is 3.97. The Bertz CT molecular complexity index is 383. The maximum Gasteiger partial charge on any atom is 0.411 e. The number of allylic oxidation sites excluding steroid dienone is 2. The minimum absolute atomic E-state index is 0.324. The van der Waals surface area contributed by atoms with Crippen LogP contribution in [0.1, 0.15) is 0 Å². The highest BCUT2D eigenvalue weighted by Crippen LogP contribution is 1.97. The van der Waals surface area contributed by atoms with Gasteiger partial charge >= 0.3 is 6.09 Å². The number of piperazine rings is 1. The van der Waals surface area contributed by atoms with E-state index in [4.69, 9.17) is 10.6 Å². The molecule has 0 aromatic heterocycles. The second kappa shape index (κ2) is 8.98. The van der Waals surface area contributed by atoms with Gasteiger partial charge in [0.2, 0.25) is 0 Å². The Morgan fingerprint density at radius 2 is 2.37 bits per heavy atom. The fraction of sp³-hybridized carbons (Fsp3) is 0.545. The third kappa shape index (κ3) is 6.46. The Morgan fingerprint density at radius 1 is 1.53 bits per heavy atom. The third-order valence-electron chi connectivity index (χ3n) is 2.55. The SMILES string of the molecule is O=C(O)N1C=CC=CC1.[N-]=[N+]=NCC1CNCCN1. The molecule has 8 nitrogen and oxygen atoms in total. The highest BCUT2D eigenvalue weighted by atomic mass is 16.4. The molecule has 1 amide bonds. The van der Waals surface area contributed by atoms with E-state index in [1.165, 1.54) is 11.1 Å². The predicted octanol–water partition coefficient (Wildman–Crippen LogP) is 0.908. The van der Waals surface area contributed by atoms with Crippen LogP contribution in [0.5, 0.6) is 0 Å². The summed E-state index contributed by atoms with van der Waals surface area (Å²) in [4.78, 5) is 14.1. The summed E-state index contributed by atoms with van der Waals surface area (Å²) in [5.74, 6) is 0. The number of azide groups is 1. The fourth-order valence-corrected chi connectivity index (χ4v) is 1.59. The molecule has 0 aliphatic carbocycles. The average molecular weight is 266 g/mol. The van der Waals surface area contributed by atoms with E-state index in [-0.39, 0.29) is 0 Å². The smallest absolute Gasteiger partial charge is 0.411 e. The molecule has 104 valence electrons. The Morgan fingerprint density at radius 3 is 2.84 bits per heavy atom. The molecule has 0 saturated carbocycles. The van der Waals surface area contributed by atoms with Gasteiger partial charge in [0.05, 0.1) is 0 Å². The predicted molar refractivity (Wildman–Crippen MR) is 71.7 cm³/mol. The van der Waals surface area contributed by atoms with Crippen molar-refractivity contribution in [1.29, 1.82) is 0 Å². The van der Waals surface area contributed by atoms with Gasteiger partial charge in [-0.2, -0.15) is 0 Å². The summed E-state index contributed by atoms with van der Waals surface area (Å²) < 4.78 is 0.